The van der Waals surface area contributed by atoms with Crippen LogP contribution in [0.2, 0.25) is 0 Å². The molecule has 8 heteroatoms. The molecule has 222 valence electrons. The molecule has 1 amide bonds. The van der Waals surface area contributed by atoms with Gasteiger partial charge in [-0.15, -0.1) is 0 Å². The Bertz CT molecular complexity index is 1020. The Balaban J connectivity index is 0.00000289. The number of carbonyl (C=O) groups is 1. The lowest BCUT2D eigenvalue weighted by atomic mass is 9.48. The second kappa shape index (κ2) is 8.75. The molecule has 2 aliphatic heterocycles. The number of amides is 1. The molecule has 7 aliphatic rings. The Kier molecular flexibility index (Phi) is 6.12. The molecular formula is C31H51NO6S. The van der Waals surface area contributed by atoms with Gasteiger partial charge in [-0.25, -0.2) is 4.79 Å². The SMILES string of the molecule is CC(C)(O)[C@@H](O)C1CCC2C(CC3C4CCC5C(C)(C)[C@@H](OC(=O)NC6COC6)CCC56C[C@@]46CC[C@]23S)O1.[HH]. The quantitative estimate of drug-likeness (QED) is 0.368. The van der Waals surface area contributed by atoms with E-state index in [1.165, 1.54) is 25.7 Å². The zero-order chi connectivity index (χ0) is 27.6. The van der Waals surface area contributed by atoms with Crippen LogP contribution in [-0.4, -0.2) is 70.3 Å². The van der Waals surface area contributed by atoms with Crippen LogP contribution in [0.5, 0.6) is 0 Å². The van der Waals surface area contributed by atoms with Crippen LogP contribution in [0.25, 0.3) is 0 Å². The zero-order valence-electron chi connectivity index (χ0n) is 24.2. The first-order valence-electron chi connectivity index (χ1n) is 15.6. The highest BCUT2D eigenvalue weighted by molar-refractivity contribution is 7.81. The summed E-state index contributed by atoms with van der Waals surface area (Å²) >= 11 is 5.52. The van der Waals surface area contributed by atoms with Crippen LogP contribution in [0, 0.1) is 39.9 Å². The molecule has 39 heavy (non-hydrogen) atoms. The van der Waals surface area contributed by atoms with E-state index in [1.807, 2.05) is 0 Å². The third-order valence-corrected chi connectivity index (χ3v) is 14.2. The first kappa shape index (κ1) is 27.3. The van der Waals surface area contributed by atoms with Gasteiger partial charge in [0, 0.05) is 11.6 Å². The van der Waals surface area contributed by atoms with Crippen LogP contribution >= 0.6 is 12.6 Å². The number of aliphatic hydroxyl groups excluding tert-OH is 1. The number of fused-ring (bicyclic) bond motifs is 4. The molecule has 0 aromatic rings. The van der Waals surface area contributed by atoms with Gasteiger partial charge in [0.1, 0.15) is 12.2 Å². The number of ether oxygens (including phenoxy) is 3. The largest absolute Gasteiger partial charge is 0.446 e. The molecule has 0 bridgehead atoms. The van der Waals surface area contributed by atoms with Gasteiger partial charge >= 0.3 is 6.09 Å². The van der Waals surface area contributed by atoms with Gasteiger partial charge < -0.3 is 29.7 Å². The van der Waals surface area contributed by atoms with Crippen LogP contribution in [0.15, 0.2) is 0 Å². The molecule has 7 unspecified atom stereocenters. The van der Waals surface area contributed by atoms with E-state index in [2.05, 4.69) is 19.2 Å². The average Bonchev–Trinajstić information content (AvgIpc) is 3.42. The van der Waals surface area contributed by atoms with Crippen LogP contribution in [0.3, 0.4) is 0 Å². The molecule has 2 saturated heterocycles. The molecule has 3 N–H and O–H groups in total. The summed E-state index contributed by atoms with van der Waals surface area (Å²) in [5.41, 5.74) is -0.421. The Hall–Kier alpha value is -0.540. The number of nitrogens with one attached hydrogen (secondary N) is 1. The minimum atomic E-state index is -1.16. The number of rotatable bonds is 4. The van der Waals surface area contributed by atoms with Crippen LogP contribution < -0.4 is 5.32 Å². The van der Waals surface area contributed by atoms with Gasteiger partial charge in [0.05, 0.1) is 37.1 Å². The molecule has 2 heterocycles. The highest BCUT2D eigenvalue weighted by Gasteiger charge is 2.81. The fourth-order valence-electron chi connectivity index (χ4n) is 11.4. The van der Waals surface area contributed by atoms with Crippen molar-refractivity contribution in [2.45, 2.75) is 133 Å². The number of hydrogen-bond acceptors (Lipinski definition) is 7. The topological polar surface area (TPSA) is 97.2 Å². The van der Waals surface area contributed by atoms with E-state index >= 15 is 0 Å². The monoisotopic (exact) mass is 565 g/mol. The maximum atomic E-state index is 12.6. The molecule has 2 spiro atoms. The van der Waals surface area contributed by atoms with Crippen LogP contribution in [0.4, 0.5) is 4.79 Å². The Morgan fingerprint density at radius 1 is 1.05 bits per heavy atom. The van der Waals surface area contributed by atoms with Gasteiger partial charge in [-0.1, -0.05) is 13.8 Å². The molecule has 0 aromatic heterocycles. The summed E-state index contributed by atoms with van der Waals surface area (Å²) < 4.78 is 17.9. The minimum absolute atomic E-state index is 0. The van der Waals surface area contributed by atoms with E-state index in [1.54, 1.807) is 13.8 Å². The Morgan fingerprint density at radius 2 is 1.79 bits per heavy atom. The molecule has 7 nitrogen and oxygen atoms in total. The van der Waals surface area contributed by atoms with E-state index < -0.39 is 11.7 Å². The van der Waals surface area contributed by atoms with Crippen molar-refractivity contribution in [1.29, 1.82) is 0 Å². The first-order valence-corrected chi connectivity index (χ1v) is 16.1. The highest BCUT2D eigenvalue weighted by atomic mass is 32.1. The molecule has 7 fully saturated rings. The van der Waals surface area contributed by atoms with Gasteiger partial charge in [-0.05, 0) is 113 Å². The van der Waals surface area contributed by atoms with E-state index in [-0.39, 0.29) is 42.0 Å². The number of thiol groups is 1. The van der Waals surface area contributed by atoms with Crippen molar-refractivity contribution >= 4 is 18.7 Å². The standard InChI is InChI=1S/C31H49NO6S.H2/c1-27(2)23-8-6-18-20-13-22-19(5-7-21(37-22)25(33)28(3,4)35)31(20,39)12-11-29(18)16-30(23,29)10-9-24(27)38-26(34)32-17-14-36-15-17;/h17-25,33,35,39H,5-16H2,1-4H3,(H,32,34);1H/t18?,19?,20?,21?,22?,23?,24-,25-,29-,30?,31-;/m0./s1. The smallest absolute Gasteiger partial charge is 0.407 e. The Labute approximate surface area is 240 Å². The van der Waals surface area contributed by atoms with Gasteiger partial charge in [0.2, 0.25) is 0 Å². The van der Waals surface area contributed by atoms with Crippen molar-refractivity contribution in [3.63, 3.8) is 0 Å². The molecule has 11 atom stereocenters. The lowest BCUT2D eigenvalue weighted by molar-refractivity contribution is -0.170. The fourth-order valence-corrected chi connectivity index (χ4v) is 12.1. The molecule has 7 rings (SSSR count). The maximum Gasteiger partial charge on any atom is 0.407 e. The third kappa shape index (κ3) is 3.79. The highest BCUT2D eigenvalue weighted by Crippen LogP contribution is 2.86. The molecule has 5 aliphatic carbocycles. The molecule has 0 radical (unpaired) electrons. The first-order chi connectivity index (χ1) is 18.3. The third-order valence-electron chi connectivity index (χ3n) is 13.3. The normalized spacial score (nSPS) is 50.7. The van der Waals surface area contributed by atoms with Gasteiger partial charge in [0.25, 0.3) is 0 Å². The molecule has 0 aromatic carbocycles. The fraction of sp³-hybridized carbons (Fsp3) is 0.968. The van der Waals surface area contributed by atoms with E-state index in [0.29, 0.717) is 47.7 Å². The summed E-state index contributed by atoms with van der Waals surface area (Å²) in [6.07, 6.45) is 9.79. The van der Waals surface area contributed by atoms with E-state index in [4.69, 9.17) is 26.8 Å². The average molecular weight is 566 g/mol. The summed E-state index contributed by atoms with van der Waals surface area (Å²) in [6.45, 7) is 9.22. The van der Waals surface area contributed by atoms with E-state index in [0.717, 1.165) is 38.5 Å². The number of hydrogen-bond donors (Lipinski definition) is 4. The van der Waals surface area contributed by atoms with Gasteiger partial charge in [0.15, 0.2) is 0 Å². The molecular weight excluding hydrogens is 514 g/mol. The van der Waals surface area contributed by atoms with Crippen LogP contribution in [-0.2, 0) is 14.2 Å². The van der Waals surface area contributed by atoms with Crippen molar-refractivity contribution in [2.24, 2.45) is 39.9 Å². The summed E-state index contributed by atoms with van der Waals surface area (Å²) in [6, 6.07) is 0.0918. The van der Waals surface area contributed by atoms with Gasteiger partial charge in [-0.2, -0.15) is 12.6 Å². The predicted molar refractivity (Wildman–Crippen MR) is 152 cm³/mol. The van der Waals surface area contributed by atoms with Gasteiger partial charge in [-0.3, -0.25) is 0 Å². The van der Waals surface area contributed by atoms with Crippen molar-refractivity contribution < 1.29 is 30.6 Å². The summed E-state index contributed by atoms with van der Waals surface area (Å²) in [5.74, 6) is 2.25. The minimum Gasteiger partial charge on any atom is -0.446 e. The lowest BCUT2D eigenvalue weighted by Gasteiger charge is -2.59. The maximum absolute atomic E-state index is 12.6. The predicted octanol–water partition coefficient (Wildman–Crippen LogP) is 4.73. The summed E-state index contributed by atoms with van der Waals surface area (Å²) in [5, 5.41) is 24.2. The lowest BCUT2D eigenvalue weighted by Crippen LogP contribution is -2.57. The van der Waals surface area contributed by atoms with E-state index in [9.17, 15) is 15.0 Å². The second-order valence-electron chi connectivity index (χ2n) is 15.7. The van der Waals surface area contributed by atoms with Crippen molar-refractivity contribution in [1.82, 2.24) is 5.32 Å². The van der Waals surface area contributed by atoms with Crippen molar-refractivity contribution in [3.05, 3.63) is 0 Å². The van der Waals surface area contributed by atoms with Crippen molar-refractivity contribution in [2.75, 3.05) is 13.2 Å². The summed E-state index contributed by atoms with van der Waals surface area (Å²) in [7, 11) is 0. The van der Waals surface area contributed by atoms with Crippen LogP contribution in [0.1, 0.15) is 93.3 Å². The summed E-state index contributed by atoms with van der Waals surface area (Å²) in [4.78, 5) is 12.6. The number of alkyl carbamates (subject to hydrolysis) is 1. The van der Waals surface area contributed by atoms with Crippen molar-refractivity contribution in [3.8, 4) is 0 Å². The number of aliphatic hydroxyl groups is 2. The second-order valence-corrected chi connectivity index (χ2v) is 16.5. The zero-order valence-corrected chi connectivity index (χ0v) is 25.1. The number of carbonyl (C=O) groups excluding carboxylic acids is 1. The molecule has 5 saturated carbocycles. The Morgan fingerprint density at radius 3 is 2.49 bits per heavy atom.